The summed E-state index contributed by atoms with van der Waals surface area (Å²) in [5, 5.41) is 9.79. The fourth-order valence-electron chi connectivity index (χ4n) is 4.05. The molecule has 2 atom stereocenters. The molecular weight excluding hydrogens is 326 g/mol. The summed E-state index contributed by atoms with van der Waals surface area (Å²) in [5.41, 5.74) is 0.238. The van der Waals surface area contributed by atoms with Crippen LogP contribution < -0.4 is 14.2 Å². The highest BCUT2D eigenvalue weighted by atomic mass is 16.5. The molecule has 2 fully saturated rings. The zero-order valence-electron chi connectivity index (χ0n) is 14.9. The molecule has 3 rings (SSSR count). The number of hydrogen-bond acceptors (Lipinski definition) is 6. The first-order valence-corrected chi connectivity index (χ1v) is 8.37. The first-order chi connectivity index (χ1) is 12.1. The van der Waals surface area contributed by atoms with E-state index < -0.39 is 11.4 Å². The Balaban J connectivity index is 1.85. The summed E-state index contributed by atoms with van der Waals surface area (Å²) >= 11 is 0. The van der Waals surface area contributed by atoms with Gasteiger partial charge in [-0.2, -0.15) is 0 Å². The molecule has 1 aromatic carbocycles. The van der Waals surface area contributed by atoms with Gasteiger partial charge >= 0.3 is 5.97 Å². The molecule has 0 amide bonds. The van der Waals surface area contributed by atoms with Gasteiger partial charge in [0.05, 0.1) is 33.4 Å². The maximum absolute atomic E-state index is 11.9. The SMILES string of the molecule is COc1ccc(CN2C[C@@H]3COCC[C@]3(C(=O)O)C2)c(OC)c1OC. The normalized spacial score (nSPS) is 26.1. The van der Waals surface area contributed by atoms with E-state index in [9.17, 15) is 9.90 Å². The van der Waals surface area contributed by atoms with Gasteiger partial charge in [0.2, 0.25) is 5.75 Å². The molecule has 0 aromatic heterocycles. The summed E-state index contributed by atoms with van der Waals surface area (Å²) in [5.74, 6) is 1.08. The molecule has 2 heterocycles. The van der Waals surface area contributed by atoms with Crippen molar-refractivity contribution in [2.45, 2.75) is 13.0 Å². The number of hydrogen-bond donors (Lipinski definition) is 1. The fourth-order valence-corrected chi connectivity index (χ4v) is 4.05. The Labute approximate surface area is 147 Å². The van der Waals surface area contributed by atoms with Crippen LogP contribution in [0, 0.1) is 11.3 Å². The zero-order valence-corrected chi connectivity index (χ0v) is 14.9. The number of carboxylic acid groups (broad SMARTS) is 1. The lowest BCUT2D eigenvalue weighted by molar-refractivity contribution is -0.157. The number of carboxylic acids is 1. The molecule has 25 heavy (non-hydrogen) atoms. The van der Waals surface area contributed by atoms with Crippen molar-refractivity contribution in [1.29, 1.82) is 0 Å². The Hall–Kier alpha value is -1.99. The highest BCUT2D eigenvalue weighted by molar-refractivity contribution is 5.76. The van der Waals surface area contributed by atoms with Crippen LogP contribution in [-0.2, 0) is 16.1 Å². The first kappa shape index (κ1) is 17.8. The molecule has 0 aliphatic carbocycles. The van der Waals surface area contributed by atoms with E-state index in [4.69, 9.17) is 18.9 Å². The molecule has 0 saturated carbocycles. The number of methoxy groups -OCH3 is 3. The summed E-state index contributed by atoms with van der Waals surface area (Å²) in [6.07, 6.45) is 0.562. The predicted molar refractivity (Wildman–Crippen MR) is 90.4 cm³/mol. The average Bonchev–Trinajstić information content (AvgIpc) is 3.00. The van der Waals surface area contributed by atoms with Gasteiger partial charge in [0.15, 0.2) is 11.5 Å². The second-order valence-corrected chi connectivity index (χ2v) is 6.65. The summed E-state index contributed by atoms with van der Waals surface area (Å²) < 4.78 is 21.8. The third-order valence-electron chi connectivity index (χ3n) is 5.38. The molecule has 0 bridgehead atoms. The van der Waals surface area contributed by atoms with Crippen LogP contribution in [0.25, 0.3) is 0 Å². The number of carbonyl (C=O) groups is 1. The number of aliphatic carboxylic acids is 1. The average molecular weight is 351 g/mol. The quantitative estimate of drug-likeness (QED) is 0.835. The van der Waals surface area contributed by atoms with Crippen molar-refractivity contribution in [3.05, 3.63) is 17.7 Å². The number of benzene rings is 1. The highest BCUT2D eigenvalue weighted by Gasteiger charge is 2.53. The lowest BCUT2D eigenvalue weighted by atomic mass is 9.74. The Morgan fingerprint density at radius 2 is 2.04 bits per heavy atom. The van der Waals surface area contributed by atoms with Gasteiger partial charge in [-0.1, -0.05) is 6.07 Å². The highest BCUT2D eigenvalue weighted by Crippen LogP contribution is 2.45. The van der Waals surface area contributed by atoms with Crippen LogP contribution in [-0.4, -0.2) is 63.6 Å². The second kappa shape index (κ2) is 7.09. The van der Waals surface area contributed by atoms with E-state index in [0.717, 1.165) is 5.56 Å². The minimum absolute atomic E-state index is 0.0184. The van der Waals surface area contributed by atoms with Gasteiger partial charge in [0.1, 0.15) is 0 Å². The molecule has 1 aromatic rings. The number of likely N-dealkylation sites (tertiary alicyclic amines) is 1. The number of ether oxygens (including phenoxy) is 4. The van der Waals surface area contributed by atoms with E-state index in [2.05, 4.69) is 4.90 Å². The molecule has 138 valence electrons. The smallest absolute Gasteiger partial charge is 0.311 e. The van der Waals surface area contributed by atoms with Crippen molar-refractivity contribution in [2.75, 3.05) is 47.6 Å². The van der Waals surface area contributed by atoms with Gasteiger partial charge in [-0.15, -0.1) is 0 Å². The van der Waals surface area contributed by atoms with Crippen LogP contribution in [0.3, 0.4) is 0 Å². The van der Waals surface area contributed by atoms with Crippen molar-refractivity contribution in [3.63, 3.8) is 0 Å². The number of nitrogens with zero attached hydrogens (tertiary/aromatic N) is 1. The molecule has 2 aliphatic heterocycles. The van der Waals surface area contributed by atoms with E-state index in [0.29, 0.717) is 56.5 Å². The maximum atomic E-state index is 11.9. The second-order valence-electron chi connectivity index (χ2n) is 6.65. The number of rotatable bonds is 6. The minimum atomic E-state index is -0.720. The van der Waals surface area contributed by atoms with Crippen LogP contribution in [0.15, 0.2) is 12.1 Å². The Morgan fingerprint density at radius 1 is 1.28 bits per heavy atom. The van der Waals surface area contributed by atoms with Crippen molar-refractivity contribution >= 4 is 5.97 Å². The van der Waals surface area contributed by atoms with E-state index in [1.807, 2.05) is 12.1 Å². The maximum Gasteiger partial charge on any atom is 0.311 e. The van der Waals surface area contributed by atoms with Gasteiger partial charge < -0.3 is 24.1 Å². The van der Waals surface area contributed by atoms with Gasteiger partial charge in [0, 0.05) is 37.7 Å². The van der Waals surface area contributed by atoms with E-state index >= 15 is 0 Å². The molecule has 2 aliphatic rings. The van der Waals surface area contributed by atoms with E-state index in [-0.39, 0.29) is 5.92 Å². The van der Waals surface area contributed by atoms with Crippen molar-refractivity contribution in [2.24, 2.45) is 11.3 Å². The largest absolute Gasteiger partial charge is 0.493 e. The monoisotopic (exact) mass is 351 g/mol. The molecule has 2 saturated heterocycles. The van der Waals surface area contributed by atoms with Crippen LogP contribution in [0.1, 0.15) is 12.0 Å². The van der Waals surface area contributed by atoms with Crippen LogP contribution in [0.5, 0.6) is 17.2 Å². The third kappa shape index (κ3) is 3.02. The van der Waals surface area contributed by atoms with Gasteiger partial charge in [0.25, 0.3) is 0 Å². The Morgan fingerprint density at radius 3 is 2.64 bits per heavy atom. The van der Waals surface area contributed by atoms with Crippen LogP contribution in [0.2, 0.25) is 0 Å². The van der Waals surface area contributed by atoms with Crippen molar-refractivity contribution in [3.8, 4) is 17.2 Å². The molecule has 0 unspecified atom stereocenters. The third-order valence-corrected chi connectivity index (χ3v) is 5.38. The zero-order chi connectivity index (χ0) is 18.0. The van der Waals surface area contributed by atoms with Crippen LogP contribution >= 0.6 is 0 Å². The van der Waals surface area contributed by atoms with Crippen LogP contribution in [0.4, 0.5) is 0 Å². The van der Waals surface area contributed by atoms with Gasteiger partial charge in [-0.25, -0.2) is 0 Å². The number of fused-ring (bicyclic) bond motifs is 1. The Kier molecular flexibility index (Phi) is 5.06. The summed E-state index contributed by atoms with van der Waals surface area (Å²) in [4.78, 5) is 14.1. The molecule has 0 spiro atoms. The van der Waals surface area contributed by atoms with E-state index in [1.54, 1.807) is 21.3 Å². The lowest BCUT2D eigenvalue weighted by Crippen LogP contribution is -2.44. The molecular formula is C18H25NO6. The van der Waals surface area contributed by atoms with Crippen molar-refractivity contribution < 1.29 is 28.8 Å². The molecule has 0 radical (unpaired) electrons. The molecule has 1 N–H and O–H groups in total. The lowest BCUT2D eigenvalue weighted by Gasteiger charge is -2.34. The minimum Gasteiger partial charge on any atom is -0.493 e. The molecule has 7 heteroatoms. The van der Waals surface area contributed by atoms with E-state index in [1.165, 1.54) is 0 Å². The Bertz CT molecular complexity index is 649. The topological polar surface area (TPSA) is 77.5 Å². The predicted octanol–water partition coefficient (Wildman–Crippen LogP) is 1.64. The first-order valence-electron chi connectivity index (χ1n) is 8.37. The summed E-state index contributed by atoms with van der Waals surface area (Å²) in [6.45, 7) is 2.83. The van der Waals surface area contributed by atoms with Gasteiger partial charge in [-0.05, 0) is 12.5 Å². The summed E-state index contributed by atoms with van der Waals surface area (Å²) in [6, 6.07) is 3.78. The fraction of sp³-hybridized carbons (Fsp3) is 0.611. The van der Waals surface area contributed by atoms with Gasteiger partial charge in [-0.3, -0.25) is 9.69 Å². The summed E-state index contributed by atoms with van der Waals surface area (Å²) in [7, 11) is 4.75. The molecule has 7 nitrogen and oxygen atoms in total. The standard InChI is InChI=1S/C18H25NO6/c1-22-14-5-4-12(15(23-2)16(14)24-3)8-19-9-13-10-25-7-6-18(13,11-19)17(20)21/h4-5,13H,6-11H2,1-3H3,(H,20,21)/t13-,18+/m1/s1. The van der Waals surface area contributed by atoms with Crippen molar-refractivity contribution in [1.82, 2.24) is 4.90 Å².